The minimum atomic E-state index is -0.101. The first-order valence-electron chi connectivity index (χ1n) is 10.1. The maximum atomic E-state index is 13.1. The Bertz CT molecular complexity index is 651. The molecule has 0 radical (unpaired) electrons. The number of amides is 1. The van der Waals surface area contributed by atoms with Gasteiger partial charge in [-0.05, 0) is 62.3 Å². The third kappa shape index (κ3) is 2.98. The fourth-order valence-corrected chi connectivity index (χ4v) is 6.18. The van der Waals surface area contributed by atoms with Gasteiger partial charge in [0.25, 0.3) is 0 Å². The number of morpholine rings is 1. The van der Waals surface area contributed by atoms with E-state index >= 15 is 0 Å². The summed E-state index contributed by atoms with van der Waals surface area (Å²) in [5.74, 6) is 4.24. The second-order valence-electron chi connectivity index (χ2n) is 8.81. The Morgan fingerprint density at radius 1 is 1.15 bits per heavy atom. The molecule has 1 aromatic rings. The highest BCUT2D eigenvalue weighted by Crippen LogP contribution is 2.60. The molecule has 0 aromatic carbocycles. The molecule has 1 amide bonds. The summed E-state index contributed by atoms with van der Waals surface area (Å²) in [6, 6.07) is 1.94. The average Bonchev–Trinajstić information content (AvgIpc) is 2.66. The van der Waals surface area contributed by atoms with Gasteiger partial charge in [-0.1, -0.05) is 0 Å². The number of carbonyl (C=O) groups is 1. The van der Waals surface area contributed by atoms with Crippen LogP contribution >= 0.6 is 0 Å². The quantitative estimate of drug-likeness (QED) is 0.895. The zero-order valence-electron chi connectivity index (χ0n) is 15.3. The van der Waals surface area contributed by atoms with Crippen LogP contribution in [0.4, 0.5) is 5.82 Å². The zero-order valence-corrected chi connectivity index (χ0v) is 15.3. The first-order valence-corrected chi connectivity index (χ1v) is 10.1. The number of hydrogen-bond donors (Lipinski definition) is 1. The van der Waals surface area contributed by atoms with Crippen molar-refractivity contribution in [3.8, 4) is 0 Å². The molecule has 26 heavy (non-hydrogen) atoms. The van der Waals surface area contributed by atoms with E-state index in [0.717, 1.165) is 69.1 Å². The van der Waals surface area contributed by atoms with Gasteiger partial charge >= 0.3 is 0 Å². The fraction of sp³-hybridized carbons (Fsp3) is 0.750. The molecule has 4 aliphatic carbocycles. The summed E-state index contributed by atoms with van der Waals surface area (Å²) >= 11 is 0. The second kappa shape index (κ2) is 6.48. The van der Waals surface area contributed by atoms with Crippen molar-refractivity contribution in [3.63, 3.8) is 0 Å². The molecule has 2 heterocycles. The molecule has 6 rings (SSSR count). The summed E-state index contributed by atoms with van der Waals surface area (Å²) < 4.78 is 5.41. The molecule has 1 saturated heterocycles. The molecule has 0 atom stereocenters. The lowest BCUT2D eigenvalue weighted by Gasteiger charge is -2.55. The van der Waals surface area contributed by atoms with Gasteiger partial charge in [0.05, 0.1) is 19.8 Å². The molecule has 0 spiro atoms. The van der Waals surface area contributed by atoms with E-state index < -0.39 is 0 Å². The van der Waals surface area contributed by atoms with E-state index in [0.29, 0.717) is 12.4 Å². The van der Waals surface area contributed by atoms with Crippen LogP contribution in [0, 0.1) is 23.2 Å². The number of anilines is 1. The maximum absolute atomic E-state index is 13.1. The number of hydrogen-bond acceptors (Lipinski definition) is 5. The van der Waals surface area contributed by atoms with E-state index in [4.69, 9.17) is 4.74 Å². The third-order valence-corrected chi connectivity index (χ3v) is 6.95. The SMILES string of the molecule is O=C(NCc1nccc(N2CCOCC2)n1)C12CC3CC(CC(C3)C1)C2. The molecule has 5 aliphatic rings. The highest BCUT2D eigenvalue weighted by atomic mass is 16.5. The molecule has 1 N–H and O–H groups in total. The number of rotatable bonds is 4. The Labute approximate surface area is 154 Å². The van der Waals surface area contributed by atoms with Crippen LogP contribution in [0.25, 0.3) is 0 Å². The summed E-state index contributed by atoms with van der Waals surface area (Å²) in [6.07, 6.45) is 9.16. The van der Waals surface area contributed by atoms with E-state index in [1.807, 2.05) is 6.07 Å². The van der Waals surface area contributed by atoms with Gasteiger partial charge in [0.1, 0.15) is 11.6 Å². The van der Waals surface area contributed by atoms with Crippen LogP contribution in [-0.2, 0) is 16.1 Å². The van der Waals surface area contributed by atoms with Crippen molar-refractivity contribution in [1.29, 1.82) is 0 Å². The second-order valence-corrected chi connectivity index (χ2v) is 8.81. The average molecular weight is 356 g/mol. The lowest BCUT2D eigenvalue weighted by Crippen LogP contribution is -2.53. The van der Waals surface area contributed by atoms with Gasteiger partial charge in [0.2, 0.25) is 5.91 Å². The van der Waals surface area contributed by atoms with Gasteiger partial charge in [-0.2, -0.15) is 0 Å². The van der Waals surface area contributed by atoms with Crippen molar-refractivity contribution < 1.29 is 9.53 Å². The normalized spacial score (nSPS) is 35.5. The predicted molar refractivity (Wildman–Crippen MR) is 97.5 cm³/mol. The first kappa shape index (κ1) is 16.5. The Morgan fingerprint density at radius 3 is 2.46 bits per heavy atom. The van der Waals surface area contributed by atoms with E-state index in [1.165, 1.54) is 19.3 Å². The molecule has 6 heteroatoms. The molecule has 1 aliphatic heterocycles. The molecule has 0 unspecified atom stereocenters. The number of ether oxygens (including phenoxy) is 1. The highest BCUT2D eigenvalue weighted by Gasteiger charge is 2.54. The Morgan fingerprint density at radius 2 is 1.81 bits per heavy atom. The summed E-state index contributed by atoms with van der Waals surface area (Å²) in [5.41, 5.74) is -0.101. The van der Waals surface area contributed by atoms with Crippen molar-refractivity contribution in [2.45, 2.75) is 45.1 Å². The summed E-state index contributed by atoms with van der Waals surface area (Å²) in [6.45, 7) is 3.62. The van der Waals surface area contributed by atoms with Gasteiger partial charge in [0.15, 0.2) is 0 Å². The number of aromatic nitrogens is 2. The smallest absolute Gasteiger partial charge is 0.226 e. The first-order chi connectivity index (χ1) is 12.7. The van der Waals surface area contributed by atoms with Crippen LogP contribution in [0.1, 0.15) is 44.3 Å². The van der Waals surface area contributed by atoms with Gasteiger partial charge in [-0.15, -0.1) is 0 Å². The molecule has 4 saturated carbocycles. The largest absolute Gasteiger partial charge is 0.378 e. The molecule has 1 aromatic heterocycles. The van der Waals surface area contributed by atoms with Crippen LogP contribution in [0.2, 0.25) is 0 Å². The zero-order chi connectivity index (χ0) is 17.6. The molecule has 4 bridgehead atoms. The summed E-state index contributed by atoms with van der Waals surface area (Å²) in [5, 5.41) is 3.18. The highest BCUT2D eigenvalue weighted by molar-refractivity contribution is 5.83. The molecular weight excluding hydrogens is 328 g/mol. The van der Waals surface area contributed by atoms with Crippen molar-refractivity contribution >= 4 is 11.7 Å². The number of nitrogens with one attached hydrogen (secondary N) is 1. The van der Waals surface area contributed by atoms with E-state index in [-0.39, 0.29) is 11.3 Å². The molecular formula is C20H28N4O2. The minimum absolute atomic E-state index is 0.101. The molecule has 140 valence electrons. The lowest BCUT2D eigenvalue weighted by atomic mass is 9.49. The van der Waals surface area contributed by atoms with Crippen LogP contribution < -0.4 is 10.2 Å². The van der Waals surface area contributed by atoms with Gasteiger partial charge in [-0.3, -0.25) is 4.79 Å². The van der Waals surface area contributed by atoms with Crippen LogP contribution in [0.3, 0.4) is 0 Å². The Kier molecular flexibility index (Phi) is 4.11. The Hall–Kier alpha value is -1.69. The standard InChI is InChI=1S/C20H28N4O2/c25-19(20-10-14-7-15(11-20)9-16(8-14)12-20)22-13-17-21-2-1-18(23-17)24-3-5-26-6-4-24/h1-2,14-16H,3-13H2,(H,22,25). The van der Waals surface area contributed by atoms with Crippen molar-refractivity contribution in [1.82, 2.24) is 15.3 Å². The third-order valence-electron chi connectivity index (χ3n) is 6.95. The van der Waals surface area contributed by atoms with E-state index in [2.05, 4.69) is 20.2 Å². The maximum Gasteiger partial charge on any atom is 0.226 e. The van der Waals surface area contributed by atoms with E-state index in [9.17, 15) is 4.79 Å². The summed E-state index contributed by atoms with van der Waals surface area (Å²) in [7, 11) is 0. The van der Waals surface area contributed by atoms with E-state index in [1.54, 1.807) is 6.20 Å². The fourth-order valence-electron chi connectivity index (χ4n) is 6.18. The van der Waals surface area contributed by atoms with Gasteiger partial charge in [-0.25, -0.2) is 9.97 Å². The van der Waals surface area contributed by atoms with Crippen molar-refractivity contribution in [3.05, 3.63) is 18.1 Å². The lowest BCUT2D eigenvalue weighted by molar-refractivity contribution is -0.146. The predicted octanol–water partition coefficient (Wildman–Crippen LogP) is 2.15. The molecule has 5 fully saturated rings. The van der Waals surface area contributed by atoms with Crippen LogP contribution in [0.15, 0.2) is 12.3 Å². The van der Waals surface area contributed by atoms with Gasteiger partial charge < -0.3 is 15.0 Å². The summed E-state index contributed by atoms with van der Waals surface area (Å²) in [4.78, 5) is 24.3. The van der Waals surface area contributed by atoms with Crippen LogP contribution in [-0.4, -0.2) is 42.2 Å². The van der Waals surface area contributed by atoms with Crippen LogP contribution in [0.5, 0.6) is 0 Å². The molecule has 6 nitrogen and oxygen atoms in total. The van der Waals surface area contributed by atoms with Crippen molar-refractivity contribution in [2.75, 3.05) is 31.2 Å². The number of nitrogens with zero attached hydrogens (tertiary/aromatic N) is 3. The van der Waals surface area contributed by atoms with Gasteiger partial charge in [0, 0.05) is 24.7 Å². The Balaban J connectivity index is 1.24. The minimum Gasteiger partial charge on any atom is -0.378 e. The topological polar surface area (TPSA) is 67.4 Å². The van der Waals surface area contributed by atoms with Crippen molar-refractivity contribution in [2.24, 2.45) is 23.2 Å². The number of carbonyl (C=O) groups excluding carboxylic acids is 1. The monoisotopic (exact) mass is 356 g/mol.